The van der Waals surface area contributed by atoms with Crippen LogP contribution in [0.1, 0.15) is 24.9 Å². The number of aliphatic carboxylic acids is 1. The molecule has 1 atom stereocenters. The lowest BCUT2D eigenvalue weighted by Crippen LogP contribution is -2.39. The maximum absolute atomic E-state index is 11.8. The molecule has 6 heteroatoms. The highest BCUT2D eigenvalue weighted by Crippen LogP contribution is 2.16. The van der Waals surface area contributed by atoms with E-state index in [-0.39, 0.29) is 25.0 Å². The van der Waals surface area contributed by atoms with E-state index in [2.05, 4.69) is 21.2 Å². The largest absolute Gasteiger partial charge is 0.481 e. The highest BCUT2D eigenvalue weighted by Gasteiger charge is 2.13. The molecule has 0 saturated carbocycles. The van der Waals surface area contributed by atoms with Gasteiger partial charge in [-0.3, -0.25) is 4.79 Å². The minimum Gasteiger partial charge on any atom is -0.481 e. The first-order valence-corrected chi connectivity index (χ1v) is 6.68. The monoisotopic (exact) mass is 328 g/mol. The number of urea groups is 1. The third-order valence-electron chi connectivity index (χ3n) is 2.72. The lowest BCUT2D eigenvalue weighted by molar-refractivity contribution is -0.137. The van der Waals surface area contributed by atoms with Crippen LogP contribution in [-0.2, 0) is 4.79 Å². The summed E-state index contributed by atoms with van der Waals surface area (Å²) in [6.45, 7) is 2.07. The molecular formula is C13H17BrN2O3. The molecule has 1 rings (SSSR count). The second-order valence-electron chi connectivity index (χ2n) is 4.29. The van der Waals surface area contributed by atoms with E-state index in [1.165, 1.54) is 4.90 Å². The molecule has 0 radical (unpaired) electrons. The van der Waals surface area contributed by atoms with Gasteiger partial charge >= 0.3 is 12.0 Å². The number of carboxylic acid groups (broad SMARTS) is 1. The van der Waals surface area contributed by atoms with E-state index in [0.717, 1.165) is 10.0 Å². The molecular weight excluding hydrogens is 312 g/mol. The van der Waals surface area contributed by atoms with Crippen molar-refractivity contribution in [1.82, 2.24) is 10.2 Å². The van der Waals surface area contributed by atoms with Crippen molar-refractivity contribution in [3.8, 4) is 0 Å². The molecule has 0 unspecified atom stereocenters. The molecule has 0 aliphatic rings. The van der Waals surface area contributed by atoms with Gasteiger partial charge in [0.2, 0.25) is 0 Å². The molecule has 104 valence electrons. The zero-order valence-electron chi connectivity index (χ0n) is 10.9. The van der Waals surface area contributed by atoms with Crippen LogP contribution in [0.3, 0.4) is 0 Å². The lowest BCUT2D eigenvalue weighted by Gasteiger charge is -2.21. The Labute approximate surface area is 120 Å². The molecule has 2 amide bonds. The average molecular weight is 329 g/mol. The fourth-order valence-electron chi connectivity index (χ4n) is 1.50. The first-order valence-electron chi connectivity index (χ1n) is 5.89. The average Bonchev–Trinajstić information content (AvgIpc) is 2.36. The Morgan fingerprint density at radius 2 is 1.95 bits per heavy atom. The van der Waals surface area contributed by atoms with E-state index < -0.39 is 5.97 Å². The molecule has 5 nitrogen and oxygen atoms in total. The zero-order chi connectivity index (χ0) is 14.4. The van der Waals surface area contributed by atoms with Crippen LogP contribution in [0.4, 0.5) is 4.79 Å². The van der Waals surface area contributed by atoms with E-state index in [9.17, 15) is 9.59 Å². The van der Waals surface area contributed by atoms with Crippen LogP contribution < -0.4 is 5.32 Å². The first-order chi connectivity index (χ1) is 8.90. The van der Waals surface area contributed by atoms with Crippen LogP contribution in [0.15, 0.2) is 28.7 Å². The topological polar surface area (TPSA) is 69.6 Å². The SMILES string of the molecule is C[C@H](NC(=O)N(C)CCC(=O)O)c1ccc(Br)cc1. The summed E-state index contributed by atoms with van der Waals surface area (Å²) in [7, 11) is 1.58. The van der Waals surface area contributed by atoms with E-state index in [1.807, 2.05) is 31.2 Å². The summed E-state index contributed by atoms with van der Waals surface area (Å²) in [5.74, 6) is -0.916. The van der Waals surface area contributed by atoms with Gasteiger partial charge in [-0.05, 0) is 24.6 Å². The smallest absolute Gasteiger partial charge is 0.317 e. The number of benzene rings is 1. The maximum Gasteiger partial charge on any atom is 0.317 e. The summed E-state index contributed by atoms with van der Waals surface area (Å²) in [5.41, 5.74) is 0.989. The molecule has 0 fully saturated rings. The van der Waals surface area contributed by atoms with Crippen LogP contribution in [0.5, 0.6) is 0 Å². The van der Waals surface area contributed by atoms with E-state index in [4.69, 9.17) is 5.11 Å². The number of nitrogens with zero attached hydrogens (tertiary/aromatic N) is 1. The number of carboxylic acids is 1. The van der Waals surface area contributed by atoms with Crippen molar-refractivity contribution in [3.63, 3.8) is 0 Å². The van der Waals surface area contributed by atoms with E-state index >= 15 is 0 Å². The molecule has 1 aromatic rings. The Morgan fingerprint density at radius 1 is 1.37 bits per heavy atom. The summed E-state index contributed by atoms with van der Waals surface area (Å²) in [4.78, 5) is 23.6. The van der Waals surface area contributed by atoms with Gasteiger partial charge in [0, 0.05) is 18.1 Å². The van der Waals surface area contributed by atoms with Crippen molar-refractivity contribution >= 4 is 27.9 Å². The van der Waals surface area contributed by atoms with Crippen LogP contribution in [0.2, 0.25) is 0 Å². The molecule has 0 bridgehead atoms. The number of rotatable bonds is 5. The van der Waals surface area contributed by atoms with Gasteiger partial charge in [-0.15, -0.1) is 0 Å². The van der Waals surface area contributed by atoms with Crippen molar-refractivity contribution in [2.24, 2.45) is 0 Å². The first kappa shape index (κ1) is 15.5. The lowest BCUT2D eigenvalue weighted by atomic mass is 10.1. The van der Waals surface area contributed by atoms with E-state index in [1.54, 1.807) is 7.05 Å². The Hall–Kier alpha value is -1.56. The highest BCUT2D eigenvalue weighted by atomic mass is 79.9. The summed E-state index contributed by atoms with van der Waals surface area (Å²) in [6.07, 6.45) is -0.0589. The van der Waals surface area contributed by atoms with Crippen molar-refractivity contribution in [3.05, 3.63) is 34.3 Å². The predicted molar refractivity (Wildman–Crippen MR) is 76.0 cm³/mol. The van der Waals surface area contributed by atoms with Gasteiger partial charge in [-0.1, -0.05) is 28.1 Å². The fraction of sp³-hybridized carbons (Fsp3) is 0.385. The van der Waals surface area contributed by atoms with Crippen molar-refractivity contribution in [1.29, 1.82) is 0 Å². The molecule has 1 aromatic carbocycles. The Kier molecular flexibility index (Phi) is 5.82. The molecule has 0 heterocycles. The Morgan fingerprint density at radius 3 is 2.47 bits per heavy atom. The van der Waals surface area contributed by atoms with Crippen molar-refractivity contribution < 1.29 is 14.7 Å². The normalized spacial score (nSPS) is 11.7. The third kappa shape index (κ3) is 5.30. The zero-order valence-corrected chi connectivity index (χ0v) is 12.5. The van der Waals surface area contributed by atoms with Gasteiger partial charge in [0.25, 0.3) is 0 Å². The van der Waals surface area contributed by atoms with Gasteiger partial charge in [-0.2, -0.15) is 0 Å². The maximum atomic E-state index is 11.8. The molecule has 0 aliphatic carbocycles. The quantitative estimate of drug-likeness (QED) is 0.872. The Bertz CT molecular complexity index is 448. The van der Waals surface area contributed by atoms with Crippen LogP contribution in [0, 0.1) is 0 Å². The van der Waals surface area contributed by atoms with Gasteiger partial charge in [-0.25, -0.2) is 4.79 Å². The second kappa shape index (κ2) is 7.13. The standard InChI is InChI=1S/C13H17BrN2O3/c1-9(10-3-5-11(14)6-4-10)15-13(19)16(2)8-7-12(17)18/h3-6,9H,7-8H2,1-2H3,(H,15,19)(H,17,18)/t9-/m0/s1. The van der Waals surface area contributed by atoms with Crippen molar-refractivity contribution in [2.75, 3.05) is 13.6 Å². The van der Waals surface area contributed by atoms with Crippen LogP contribution in [-0.4, -0.2) is 35.6 Å². The minimum absolute atomic E-state index is 0.0589. The minimum atomic E-state index is -0.916. The number of halogens is 1. The number of amides is 2. The molecule has 0 saturated heterocycles. The molecule has 19 heavy (non-hydrogen) atoms. The number of carbonyl (C=O) groups excluding carboxylic acids is 1. The molecule has 0 aliphatic heterocycles. The van der Waals surface area contributed by atoms with Gasteiger partial charge < -0.3 is 15.3 Å². The summed E-state index contributed by atoms with van der Waals surface area (Å²) < 4.78 is 0.980. The van der Waals surface area contributed by atoms with Crippen LogP contribution in [0.25, 0.3) is 0 Å². The second-order valence-corrected chi connectivity index (χ2v) is 5.20. The fourth-order valence-corrected chi connectivity index (χ4v) is 1.76. The third-order valence-corrected chi connectivity index (χ3v) is 3.25. The molecule has 2 N–H and O–H groups in total. The van der Waals surface area contributed by atoms with Gasteiger partial charge in [0.15, 0.2) is 0 Å². The molecule has 0 spiro atoms. The predicted octanol–water partition coefficient (Wildman–Crippen LogP) is 2.63. The number of nitrogens with one attached hydrogen (secondary N) is 1. The highest BCUT2D eigenvalue weighted by molar-refractivity contribution is 9.10. The van der Waals surface area contributed by atoms with Crippen molar-refractivity contribution in [2.45, 2.75) is 19.4 Å². The summed E-state index contributed by atoms with van der Waals surface area (Å²) >= 11 is 3.35. The van der Waals surface area contributed by atoms with Gasteiger partial charge in [0.05, 0.1) is 12.5 Å². The number of carbonyl (C=O) groups is 2. The van der Waals surface area contributed by atoms with Gasteiger partial charge in [0.1, 0.15) is 0 Å². The van der Waals surface area contributed by atoms with Crippen LogP contribution >= 0.6 is 15.9 Å². The van der Waals surface area contributed by atoms with E-state index in [0.29, 0.717) is 0 Å². The summed E-state index contributed by atoms with van der Waals surface area (Å²) in [5, 5.41) is 11.4. The number of hydrogen-bond donors (Lipinski definition) is 2. The molecule has 0 aromatic heterocycles. The Balaban J connectivity index is 2.51. The summed E-state index contributed by atoms with van der Waals surface area (Å²) in [6, 6.07) is 7.25. The number of hydrogen-bond acceptors (Lipinski definition) is 2.